The standard InChI is InChI=1S/C20H21BrN4O3/c1-2-5-17-24-20(28-25-17)9-4-8-18(26)23-15-10-11-19(22-13-15)27-16-7-3-6-14(21)12-16/h3,6-7,10-13H,2,4-5,8-9H2,1H3,(H,23,26). The third kappa shape index (κ3) is 6.16. The second-order valence-corrected chi connectivity index (χ2v) is 7.12. The van der Waals surface area contributed by atoms with Gasteiger partial charge in [-0.25, -0.2) is 4.98 Å². The molecule has 7 nitrogen and oxygen atoms in total. The van der Waals surface area contributed by atoms with E-state index in [2.05, 4.69) is 43.3 Å². The fourth-order valence-corrected chi connectivity index (χ4v) is 2.88. The van der Waals surface area contributed by atoms with Crippen molar-refractivity contribution in [1.82, 2.24) is 15.1 Å². The first-order valence-electron chi connectivity index (χ1n) is 9.13. The van der Waals surface area contributed by atoms with Crippen molar-refractivity contribution in [2.24, 2.45) is 0 Å². The first kappa shape index (κ1) is 20.0. The molecular formula is C20H21BrN4O3. The molecule has 0 unspecified atom stereocenters. The third-order valence-electron chi connectivity index (χ3n) is 3.82. The van der Waals surface area contributed by atoms with Gasteiger partial charge in [0.15, 0.2) is 5.82 Å². The van der Waals surface area contributed by atoms with E-state index in [1.807, 2.05) is 24.3 Å². The number of hydrogen-bond acceptors (Lipinski definition) is 6. The summed E-state index contributed by atoms with van der Waals surface area (Å²) in [5, 5.41) is 6.73. The zero-order valence-corrected chi connectivity index (χ0v) is 17.1. The number of aryl methyl sites for hydroxylation is 2. The van der Waals surface area contributed by atoms with Crippen LogP contribution in [0.2, 0.25) is 0 Å². The number of halogens is 1. The van der Waals surface area contributed by atoms with Crippen LogP contribution in [0.5, 0.6) is 11.6 Å². The number of anilines is 1. The largest absolute Gasteiger partial charge is 0.439 e. The maximum Gasteiger partial charge on any atom is 0.226 e. The minimum atomic E-state index is -0.0873. The molecule has 0 bridgehead atoms. The van der Waals surface area contributed by atoms with Crippen LogP contribution in [0, 0.1) is 0 Å². The highest BCUT2D eigenvalue weighted by atomic mass is 79.9. The normalized spacial score (nSPS) is 10.6. The molecule has 0 aliphatic heterocycles. The Bertz CT molecular complexity index is 912. The Morgan fingerprint density at radius 1 is 1.25 bits per heavy atom. The molecule has 1 amide bonds. The van der Waals surface area contributed by atoms with Crippen molar-refractivity contribution in [1.29, 1.82) is 0 Å². The second kappa shape index (κ2) is 9.98. The zero-order chi connectivity index (χ0) is 19.8. The Kier molecular flexibility index (Phi) is 7.13. The van der Waals surface area contributed by atoms with Crippen LogP contribution >= 0.6 is 15.9 Å². The number of rotatable bonds is 9. The minimum absolute atomic E-state index is 0.0873. The van der Waals surface area contributed by atoms with Gasteiger partial charge in [-0.2, -0.15) is 4.98 Å². The number of hydrogen-bond donors (Lipinski definition) is 1. The van der Waals surface area contributed by atoms with Gasteiger partial charge >= 0.3 is 0 Å². The summed E-state index contributed by atoms with van der Waals surface area (Å²) < 4.78 is 11.8. The van der Waals surface area contributed by atoms with E-state index in [0.717, 1.165) is 23.1 Å². The number of pyridine rings is 1. The number of aromatic nitrogens is 3. The highest BCUT2D eigenvalue weighted by Gasteiger charge is 2.08. The summed E-state index contributed by atoms with van der Waals surface area (Å²) in [5.74, 6) is 2.35. The molecule has 0 fully saturated rings. The SMILES string of the molecule is CCCc1noc(CCCC(=O)Nc2ccc(Oc3cccc(Br)c3)nc2)n1. The molecule has 0 spiro atoms. The molecule has 1 N–H and O–H groups in total. The number of carbonyl (C=O) groups excluding carboxylic acids is 1. The number of carbonyl (C=O) groups is 1. The molecule has 8 heteroatoms. The van der Waals surface area contributed by atoms with Crippen LogP contribution in [0.15, 0.2) is 51.6 Å². The third-order valence-corrected chi connectivity index (χ3v) is 4.31. The predicted octanol–water partition coefficient (Wildman–Crippen LogP) is 4.93. The van der Waals surface area contributed by atoms with Crippen LogP contribution in [0.3, 0.4) is 0 Å². The molecule has 0 aliphatic carbocycles. The second-order valence-electron chi connectivity index (χ2n) is 6.20. The first-order valence-corrected chi connectivity index (χ1v) is 9.92. The monoisotopic (exact) mass is 444 g/mol. The van der Waals surface area contributed by atoms with Crippen LogP contribution in [0.25, 0.3) is 0 Å². The van der Waals surface area contributed by atoms with Crippen LogP contribution < -0.4 is 10.1 Å². The van der Waals surface area contributed by atoms with Gasteiger partial charge in [-0.3, -0.25) is 4.79 Å². The lowest BCUT2D eigenvalue weighted by Gasteiger charge is -2.07. The number of nitrogens with zero attached hydrogens (tertiary/aromatic N) is 3. The quantitative estimate of drug-likeness (QED) is 0.502. The summed E-state index contributed by atoms with van der Waals surface area (Å²) in [6.45, 7) is 2.06. The molecule has 3 aromatic rings. The molecular weight excluding hydrogens is 424 g/mol. The summed E-state index contributed by atoms with van der Waals surface area (Å²) >= 11 is 3.40. The number of amides is 1. The van der Waals surface area contributed by atoms with Crippen LogP contribution in [0.4, 0.5) is 5.69 Å². The topological polar surface area (TPSA) is 90.1 Å². The minimum Gasteiger partial charge on any atom is -0.439 e. The first-order chi connectivity index (χ1) is 13.6. The van der Waals surface area contributed by atoms with E-state index in [4.69, 9.17) is 9.26 Å². The molecule has 0 saturated heterocycles. The van der Waals surface area contributed by atoms with Gasteiger partial charge in [0, 0.05) is 29.8 Å². The Labute approximate surface area is 171 Å². The molecule has 2 aromatic heterocycles. The number of ether oxygens (including phenoxy) is 1. The number of nitrogens with one attached hydrogen (secondary N) is 1. The van der Waals surface area contributed by atoms with Crippen molar-refractivity contribution in [2.75, 3.05) is 5.32 Å². The van der Waals surface area contributed by atoms with Gasteiger partial charge in [0.2, 0.25) is 17.7 Å². The van der Waals surface area contributed by atoms with Crippen molar-refractivity contribution in [3.8, 4) is 11.6 Å². The Balaban J connectivity index is 1.43. The fourth-order valence-electron chi connectivity index (χ4n) is 2.51. The summed E-state index contributed by atoms with van der Waals surface area (Å²) in [6, 6.07) is 11.0. The van der Waals surface area contributed by atoms with Crippen LogP contribution in [-0.4, -0.2) is 21.0 Å². The van der Waals surface area contributed by atoms with Gasteiger partial charge in [-0.05, 0) is 37.1 Å². The summed E-state index contributed by atoms with van der Waals surface area (Å²) in [5.41, 5.74) is 0.620. The van der Waals surface area contributed by atoms with E-state index in [0.29, 0.717) is 42.5 Å². The molecule has 0 atom stereocenters. The van der Waals surface area contributed by atoms with Crippen LogP contribution in [0.1, 0.15) is 37.9 Å². The van der Waals surface area contributed by atoms with Gasteiger partial charge < -0.3 is 14.6 Å². The molecule has 3 rings (SSSR count). The van der Waals surface area contributed by atoms with Crippen molar-refractivity contribution >= 4 is 27.5 Å². The lowest BCUT2D eigenvalue weighted by Crippen LogP contribution is -2.11. The molecule has 28 heavy (non-hydrogen) atoms. The summed E-state index contributed by atoms with van der Waals surface area (Å²) in [6.07, 6.45) is 4.93. The smallest absolute Gasteiger partial charge is 0.226 e. The average Bonchev–Trinajstić information content (AvgIpc) is 3.11. The maximum atomic E-state index is 12.1. The van der Waals surface area contributed by atoms with Crippen molar-refractivity contribution in [3.05, 3.63) is 58.8 Å². The highest BCUT2D eigenvalue weighted by molar-refractivity contribution is 9.10. The van der Waals surface area contributed by atoms with Crippen molar-refractivity contribution in [3.63, 3.8) is 0 Å². The Morgan fingerprint density at radius 3 is 2.89 bits per heavy atom. The number of benzene rings is 1. The average molecular weight is 445 g/mol. The Hall–Kier alpha value is -2.74. The van der Waals surface area contributed by atoms with Crippen LogP contribution in [-0.2, 0) is 17.6 Å². The van der Waals surface area contributed by atoms with E-state index < -0.39 is 0 Å². The maximum absolute atomic E-state index is 12.1. The van der Waals surface area contributed by atoms with E-state index in [1.165, 1.54) is 0 Å². The molecule has 0 aliphatic rings. The lowest BCUT2D eigenvalue weighted by atomic mass is 10.2. The molecule has 146 valence electrons. The highest BCUT2D eigenvalue weighted by Crippen LogP contribution is 2.23. The Morgan fingerprint density at radius 2 is 2.14 bits per heavy atom. The summed E-state index contributed by atoms with van der Waals surface area (Å²) in [4.78, 5) is 20.6. The van der Waals surface area contributed by atoms with Gasteiger partial charge in [0.25, 0.3) is 0 Å². The van der Waals surface area contributed by atoms with Gasteiger partial charge in [0.1, 0.15) is 5.75 Å². The molecule has 2 heterocycles. The molecule has 0 saturated carbocycles. The van der Waals surface area contributed by atoms with E-state index >= 15 is 0 Å². The van der Waals surface area contributed by atoms with E-state index in [1.54, 1.807) is 18.3 Å². The van der Waals surface area contributed by atoms with Crippen molar-refractivity contribution < 1.29 is 14.1 Å². The zero-order valence-electron chi connectivity index (χ0n) is 15.5. The summed E-state index contributed by atoms with van der Waals surface area (Å²) in [7, 11) is 0. The van der Waals surface area contributed by atoms with E-state index in [9.17, 15) is 4.79 Å². The fraction of sp³-hybridized carbons (Fsp3) is 0.300. The van der Waals surface area contributed by atoms with Gasteiger partial charge in [0.05, 0.1) is 11.9 Å². The van der Waals surface area contributed by atoms with Crippen molar-refractivity contribution in [2.45, 2.75) is 39.0 Å². The lowest BCUT2D eigenvalue weighted by molar-refractivity contribution is -0.116. The van der Waals surface area contributed by atoms with Gasteiger partial charge in [-0.15, -0.1) is 0 Å². The van der Waals surface area contributed by atoms with Gasteiger partial charge in [-0.1, -0.05) is 34.1 Å². The predicted molar refractivity (Wildman–Crippen MR) is 108 cm³/mol. The van der Waals surface area contributed by atoms with E-state index in [-0.39, 0.29) is 5.91 Å². The molecule has 1 aromatic carbocycles. The molecule has 0 radical (unpaired) electrons.